The minimum Gasteiger partial charge on any atom is -0.457 e. The summed E-state index contributed by atoms with van der Waals surface area (Å²) in [5.74, 6) is 0. The van der Waals surface area contributed by atoms with E-state index in [1.165, 1.54) is 24.0 Å². The van der Waals surface area contributed by atoms with Crippen LogP contribution in [0.2, 0.25) is 0 Å². The van der Waals surface area contributed by atoms with Crippen LogP contribution in [-0.2, 0) is 11.2 Å². The average Bonchev–Trinajstić information content (AvgIpc) is 3.05. The number of hydrogen-bond donors (Lipinski definition) is 1. The van der Waals surface area contributed by atoms with Crippen molar-refractivity contribution in [3.8, 4) is 0 Å². The molecule has 0 spiro atoms. The first-order valence-electron chi connectivity index (χ1n) is 8.93. The van der Waals surface area contributed by atoms with Gasteiger partial charge in [0.1, 0.15) is 6.10 Å². The van der Waals surface area contributed by atoms with Gasteiger partial charge in [-0.25, -0.2) is 0 Å². The van der Waals surface area contributed by atoms with Crippen molar-refractivity contribution in [2.75, 3.05) is 0 Å². The Labute approximate surface area is 143 Å². The lowest BCUT2D eigenvalue weighted by molar-refractivity contribution is 0.0568. The zero-order chi connectivity index (χ0) is 16.4. The Morgan fingerprint density at radius 1 is 0.958 bits per heavy atom. The largest absolute Gasteiger partial charge is 0.457 e. The van der Waals surface area contributed by atoms with E-state index in [0.29, 0.717) is 18.1 Å². The molecule has 3 heteroatoms. The summed E-state index contributed by atoms with van der Waals surface area (Å²) in [6.45, 7) is 0. The van der Waals surface area contributed by atoms with Crippen LogP contribution in [0.5, 0.6) is 0 Å². The first-order valence-corrected chi connectivity index (χ1v) is 8.93. The molecule has 2 aromatic rings. The summed E-state index contributed by atoms with van der Waals surface area (Å²) in [6.07, 6.45) is 5.55. The number of rotatable bonds is 4. The lowest BCUT2D eigenvalue weighted by atomic mass is 9.99. The van der Waals surface area contributed by atoms with E-state index in [9.17, 15) is 0 Å². The summed E-state index contributed by atoms with van der Waals surface area (Å²) in [4.78, 5) is 2.24. The van der Waals surface area contributed by atoms with E-state index >= 15 is 0 Å². The van der Waals surface area contributed by atoms with E-state index in [0.717, 1.165) is 19.3 Å². The van der Waals surface area contributed by atoms with Crippen molar-refractivity contribution in [3.05, 3.63) is 71.8 Å². The van der Waals surface area contributed by atoms with Crippen molar-refractivity contribution in [2.24, 2.45) is 0 Å². The molecule has 3 nitrogen and oxygen atoms in total. The topological polar surface area (TPSA) is 36.3 Å². The molecule has 1 unspecified atom stereocenters. The molecule has 24 heavy (non-hydrogen) atoms. The SMILES string of the molecule is N=C1OC(c2ccccc2)C[C@H]2CC[C@H](CCc3ccccc3)N12. The fourth-order valence-corrected chi connectivity index (χ4v) is 4.15. The van der Waals surface area contributed by atoms with Crippen molar-refractivity contribution in [3.63, 3.8) is 0 Å². The molecule has 4 rings (SSSR count). The number of hydrogen-bond acceptors (Lipinski definition) is 2. The molecule has 2 aromatic carbocycles. The number of ether oxygens (including phenoxy) is 1. The number of nitrogens with zero attached hydrogens (tertiary/aromatic N) is 1. The van der Waals surface area contributed by atoms with Gasteiger partial charge in [-0.2, -0.15) is 0 Å². The van der Waals surface area contributed by atoms with Crippen LogP contribution in [0.1, 0.15) is 42.9 Å². The van der Waals surface area contributed by atoms with Crippen molar-refractivity contribution < 1.29 is 4.74 Å². The lowest BCUT2D eigenvalue weighted by Gasteiger charge is -2.39. The fourth-order valence-electron chi connectivity index (χ4n) is 4.15. The van der Waals surface area contributed by atoms with Gasteiger partial charge in [-0.3, -0.25) is 5.41 Å². The standard InChI is InChI=1S/C21H24N2O/c22-21-23-18(12-11-16-7-3-1-4-8-16)13-14-19(23)15-20(24-21)17-9-5-2-6-10-17/h1-10,18-20,22H,11-15H2/t18-,19+,20?/m0/s1. The maximum absolute atomic E-state index is 8.41. The second kappa shape index (κ2) is 6.68. The van der Waals surface area contributed by atoms with E-state index in [2.05, 4.69) is 47.4 Å². The predicted molar refractivity (Wildman–Crippen MR) is 96.0 cm³/mol. The highest BCUT2D eigenvalue weighted by molar-refractivity contribution is 5.72. The summed E-state index contributed by atoms with van der Waals surface area (Å²) >= 11 is 0. The van der Waals surface area contributed by atoms with Crippen LogP contribution in [0.4, 0.5) is 0 Å². The van der Waals surface area contributed by atoms with Gasteiger partial charge in [0.05, 0.1) is 0 Å². The van der Waals surface area contributed by atoms with E-state index in [1.807, 2.05) is 18.2 Å². The van der Waals surface area contributed by atoms with Gasteiger partial charge in [-0.1, -0.05) is 60.7 Å². The van der Waals surface area contributed by atoms with Crippen LogP contribution in [0.15, 0.2) is 60.7 Å². The zero-order valence-corrected chi connectivity index (χ0v) is 13.9. The molecule has 1 N–H and O–H groups in total. The molecule has 0 radical (unpaired) electrons. The monoisotopic (exact) mass is 320 g/mol. The minimum absolute atomic E-state index is 0.0350. The lowest BCUT2D eigenvalue weighted by Crippen LogP contribution is -2.47. The predicted octanol–water partition coefficient (Wildman–Crippen LogP) is 4.55. The molecule has 2 heterocycles. The van der Waals surface area contributed by atoms with Crippen molar-refractivity contribution in [2.45, 2.75) is 50.3 Å². The van der Waals surface area contributed by atoms with Crippen LogP contribution < -0.4 is 0 Å². The second-order valence-electron chi connectivity index (χ2n) is 6.87. The van der Waals surface area contributed by atoms with Gasteiger partial charge in [0.2, 0.25) is 0 Å². The van der Waals surface area contributed by atoms with E-state index in [1.54, 1.807) is 0 Å². The Hall–Kier alpha value is -2.29. The Morgan fingerprint density at radius 2 is 1.67 bits per heavy atom. The van der Waals surface area contributed by atoms with Crippen LogP contribution >= 0.6 is 0 Å². The molecule has 2 aliphatic rings. The van der Waals surface area contributed by atoms with Gasteiger partial charge in [-0.05, 0) is 36.8 Å². The Kier molecular flexibility index (Phi) is 4.24. The van der Waals surface area contributed by atoms with Gasteiger partial charge >= 0.3 is 0 Å². The van der Waals surface area contributed by atoms with Crippen LogP contribution in [-0.4, -0.2) is 23.0 Å². The number of amidine groups is 1. The number of nitrogens with one attached hydrogen (secondary N) is 1. The Balaban J connectivity index is 1.41. The summed E-state index contributed by atoms with van der Waals surface area (Å²) < 4.78 is 5.98. The molecule has 0 amide bonds. The third-order valence-electron chi connectivity index (χ3n) is 5.37. The average molecular weight is 320 g/mol. The van der Waals surface area contributed by atoms with Crippen LogP contribution in [0.3, 0.4) is 0 Å². The van der Waals surface area contributed by atoms with Gasteiger partial charge in [0.15, 0.2) is 0 Å². The zero-order valence-electron chi connectivity index (χ0n) is 13.9. The maximum atomic E-state index is 8.41. The first kappa shape index (κ1) is 15.3. The summed E-state index contributed by atoms with van der Waals surface area (Å²) in [6, 6.07) is 22.3. The maximum Gasteiger partial charge on any atom is 0.285 e. The third-order valence-corrected chi connectivity index (χ3v) is 5.37. The summed E-state index contributed by atoms with van der Waals surface area (Å²) in [5, 5.41) is 8.41. The minimum atomic E-state index is 0.0350. The molecule has 0 aromatic heterocycles. The smallest absolute Gasteiger partial charge is 0.285 e. The summed E-state index contributed by atoms with van der Waals surface area (Å²) in [7, 11) is 0. The molecule has 0 saturated carbocycles. The number of benzene rings is 2. The van der Waals surface area contributed by atoms with E-state index in [4.69, 9.17) is 10.1 Å². The molecular weight excluding hydrogens is 296 g/mol. The Bertz CT molecular complexity index is 679. The summed E-state index contributed by atoms with van der Waals surface area (Å²) in [5.41, 5.74) is 2.57. The van der Waals surface area contributed by atoms with Gasteiger partial charge in [0.25, 0.3) is 6.02 Å². The highest BCUT2D eigenvalue weighted by Crippen LogP contribution is 2.39. The van der Waals surface area contributed by atoms with Crippen molar-refractivity contribution >= 4 is 6.02 Å². The number of fused-ring (bicyclic) bond motifs is 1. The van der Waals surface area contributed by atoms with Crippen LogP contribution in [0.25, 0.3) is 0 Å². The van der Waals surface area contributed by atoms with E-state index < -0.39 is 0 Å². The fraction of sp³-hybridized carbons (Fsp3) is 0.381. The second-order valence-corrected chi connectivity index (χ2v) is 6.87. The third kappa shape index (κ3) is 3.03. The van der Waals surface area contributed by atoms with Gasteiger partial charge < -0.3 is 9.64 Å². The van der Waals surface area contributed by atoms with Gasteiger partial charge in [-0.15, -0.1) is 0 Å². The Morgan fingerprint density at radius 3 is 2.42 bits per heavy atom. The molecule has 3 atom stereocenters. The molecule has 2 saturated heterocycles. The molecule has 2 aliphatic heterocycles. The van der Waals surface area contributed by atoms with Crippen molar-refractivity contribution in [1.29, 1.82) is 5.41 Å². The van der Waals surface area contributed by atoms with Crippen molar-refractivity contribution in [1.82, 2.24) is 4.90 Å². The van der Waals surface area contributed by atoms with Crippen LogP contribution in [0, 0.1) is 5.41 Å². The van der Waals surface area contributed by atoms with Gasteiger partial charge in [0, 0.05) is 18.5 Å². The normalized spacial score (nSPS) is 26.1. The first-order chi connectivity index (χ1) is 11.8. The molecule has 2 fully saturated rings. The van der Waals surface area contributed by atoms with E-state index in [-0.39, 0.29) is 6.10 Å². The molecule has 124 valence electrons. The highest BCUT2D eigenvalue weighted by Gasteiger charge is 2.41. The molecule has 0 aliphatic carbocycles. The molecule has 0 bridgehead atoms. The quantitative estimate of drug-likeness (QED) is 0.897. The number of aryl methyl sites for hydroxylation is 1. The highest BCUT2D eigenvalue weighted by atomic mass is 16.5. The molecular formula is C21H24N2O.